The maximum Gasteiger partial charge on any atom is 0.0585 e. The van der Waals surface area contributed by atoms with Crippen molar-refractivity contribution in [1.82, 2.24) is 10.2 Å². The highest BCUT2D eigenvalue weighted by Gasteiger charge is 2.06. The number of aliphatic hydroxyl groups excluding tert-OH is 1. The molecule has 0 saturated carbocycles. The van der Waals surface area contributed by atoms with Crippen LogP contribution in [0, 0.1) is 0 Å². The van der Waals surface area contributed by atoms with Crippen molar-refractivity contribution in [2.45, 2.75) is 32.7 Å². The van der Waals surface area contributed by atoms with Gasteiger partial charge in [0.2, 0.25) is 0 Å². The first-order chi connectivity index (χ1) is 6.24. The minimum Gasteiger partial charge on any atom is -0.395 e. The smallest absolute Gasteiger partial charge is 0.0585 e. The molecule has 13 heavy (non-hydrogen) atoms. The van der Waals surface area contributed by atoms with Crippen LogP contribution < -0.4 is 5.32 Å². The molecule has 0 aliphatic carbocycles. The van der Waals surface area contributed by atoms with E-state index in [4.69, 9.17) is 5.11 Å². The zero-order valence-electron chi connectivity index (χ0n) is 9.21. The summed E-state index contributed by atoms with van der Waals surface area (Å²) in [4.78, 5) is 2.31. The van der Waals surface area contributed by atoms with Crippen LogP contribution in [0.4, 0.5) is 0 Å². The third-order valence-corrected chi connectivity index (χ3v) is 2.18. The molecule has 0 aromatic rings. The van der Waals surface area contributed by atoms with Gasteiger partial charge in [-0.15, -0.1) is 0 Å². The van der Waals surface area contributed by atoms with Crippen LogP contribution in [-0.4, -0.2) is 49.3 Å². The summed E-state index contributed by atoms with van der Waals surface area (Å²) in [7, 11) is 2.13. The fourth-order valence-corrected chi connectivity index (χ4v) is 1.42. The van der Waals surface area contributed by atoms with Crippen LogP contribution >= 0.6 is 0 Å². The number of aliphatic hydroxyl groups is 1. The van der Waals surface area contributed by atoms with E-state index in [1.54, 1.807) is 0 Å². The molecule has 0 amide bonds. The Morgan fingerprint density at radius 2 is 2.00 bits per heavy atom. The molecule has 0 saturated heterocycles. The molecule has 0 aliphatic heterocycles. The van der Waals surface area contributed by atoms with Gasteiger partial charge in [-0.3, -0.25) is 0 Å². The predicted octanol–water partition coefficient (Wildman–Crippen LogP) is 0.689. The fraction of sp³-hybridized carbons (Fsp3) is 1.00. The van der Waals surface area contributed by atoms with Crippen molar-refractivity contribution in [2.24, 2.45) is 0 Å². The van der Waals surface area contributed by atoms with Gasteiger partial charge in [0.1, 0.15) is 0 Å². The molecule has 1 unspecified atom stereocenters. The van der Waals surface area contributed by atoms with Gasteiger partial charge in [-0.1, -0.05) is 13.8 Å². The zero-order valence-corrected chi connectivity index (χ0v) is 9.21. The summed E-state index contributed by atoms with van der Waals surface area (Å²) in [6.07, 6.45) is 2.22. The topological polar surface area (TPSA) is 35.5 Å². The Bertz CT molecular complexity index is 109. The van der Waals surface area contributed by atoms with Crippen LogP contribution in [0.15, 0.2) is 0 Å². The van der Waals surface area contributed by atoms with Gasteiger partial charge < -0.3 is 15.3 Å². The molecule has 0 rings (SSSR count). The van der Waals surface area contributed by atoms with E-state index in [1.165, 1.54) is 6.42 Å². The molecule has 0 radical (unpaired) electrons. The molecule has 0 fully saturated rings. The highest BCUT2D eigenvalue weighted by atomic mass is 16.3. The first-order valence-corrected chi connectivity index (χ1v) is 5.27. The van der Waals surface area contributed by atoms with E-state index in [0.717, 1.165) is 26.1 Å². The predicted molar refractivity (Wildman–Crippen MR) is 57.0 cm³/mol. The Hall–Kier alpha value is -0.120. The van der Waals surface area contributed by atoms with Crippen molar-refractivity contribution in [3.05, 3.63) is 0 Å². The lowest BCUT2D eigenvalue weighted by Gasteiger charge is -2.20. The zero-order chi connectivity index (χ0) is 10.1. The molecular formula is C10H24N2O. The highest BCUT2D eigenvalue weighted by molar-refractivity contribution is 4.66. The second-order valence-electron chi connectivity index (χ2n) is 3.53. The normalized spacial score (nSPS) is 13.6. The summed E-state index contributed by atoms with van der Waals surface area (Å²) < 4.78 is 0. The average molecular weight is 188 g/mol. The Morgan fingerprint density at radius 3 is 2.46 bits per heavy atom. The second kappa shape index (κ2) is 8.48. The van der Waals surface area contributed by atoms with Crippen LogP contribution in [-0.2, 0) is 0 Å². The van der Waals surface area contributed by atoms with Crippen LogP contribution in [0.5, 0.6) is 0 Å². The number of hydrogen-bond acceptors (Lipinski definition) is 3. The van der Waals surface area contributed by atoms with Crippen LogP contribution in [0.2, 0.25) is 0 Å². The number of hydrogen-bond donors (Lipinski definition) is 2. The minimum absolute atomic E-state index is 0.244. The van der Waals surface area contributed by atoms with Gasteiger partial charge in [0, 0.05) is 6.04 Å². The van der Waals surface area contributed by atoms with Gasteiger partial charge >= 0.3 is 0 Å². The standard InChI is InChI=1S/C10H24N2O/c1-4-7-12(3)8-6-10(9-13)11-5-2/h10-11,13H,4-9H2,1-3H3. The molecule has 2 N–H and O–H groups in total. The quantitative estimate of drug-likeness (QED) is 0.588. The van der Waals surface area contributed by atoms with Gasteiger partial charge in [-0.2, -0.15) is 0 Å². The first-order valence-electron chi connectivity index (χ1n) is 5.27. The molecule has 0 aromatic heterocycles. The van der Waals surface area contributed by atoms with E-state index >= 15 is 0 Å². The fourth-order valence-electron chi connectivity index (χ4n) is 1.42. The molecule has 3 nitrogen and oxygen atoms in total. The van der Waals surface area contributed by atoms with Gasteiger partial charge in [0.15, 0.2) is 0 Å². The molecule has 1 atom stereocenters. The molecule has 3 heteroatoms. The minimum atomic E-state index is 0.244. The number of likely N-dealkylation sites (N-methyl/N-ethyl adjacent to an activating group) is 1. The van der Waals surface area contributed by atoms with Crippen molar-refractivity contribution in [3.8, 4) is 0 Å². The molecule has 80 valence electrons. The molecule has 0 heterocycles. The van der Waals surface area contributed by atoms with E-state index < -0.39 is 0 Å². The number of nitrogens with zero attached hydrogens (tertiary/aromatic N) is 1. The van der Waals surface area contributed by atoms with Gasteiger partial charge in [0.25, 0.3) is 0 Å². The van der Waals surface area contributed by atoms with E-state index in [2.05, 4.69) is 31.1 Å². The average Bonchev–Trinajstić information content (AvgIpc) is 2.12. The Labute approximate surface area is 82.1 Å². The van der Waals surface area contributed by atoms with Crippen molar-refractivity contribution in [2.75, 3.05) is 33.3 Å². The van der Waals surface area contributed by atoms with Crippen LogP contribution in [0.1, 0.15) is 26.7 Å². The van der Waals surface area contributed by atoms with Gasteiger partial charge in [-0.25, -0.2) is 0 Å². The molecule has 0 aliphatic rings. The van der Waals surface area contributed by atoms with Crippen LogP contribution in [0.25, 0.3) is 0 Å². The Kier molecular flexibility index (Phi) is 8.40. The third-order valence-electron chi connectivity index (χ3n) is 2.18. The van der Waals surface area contributed by atoms with Crippen LogP contribution in [0.3, 0.4) is 0 Å². The monoisotopic (exact) mass is 188 g/mol. The largest absolute Gasteiger partial charge is 0.395 e. The summed E-state index contributed by atoms with van der Waals surface area (Å²) in [5.74, 6) is 0. The number of nitrogens with one attached hydrogen (secondary N) is 1. The molecule has 0 spiro atoms. The Balaban J connectivity index is 3.46. The summed E-state index contributed by atoms with van der Waals surface area (Å²) in [5.41, 5.74) is 0. The highest BCUT2D eigenvalue weighted by Crippen LogP contribution is 1.95. The first kappa shape index (κ1) is 12.9. The molecule has 0 aromatic carbocycles. The Morgan fingerprint density at radius 1 is 1.31 bits per heavy atom. The lowest BCUT2D eigenvalue weighted by Crippen LogP contribution is -2.35. The maximum atomic E-state index is 9.02. The molecule has 0 bridgehead atoms. The lowest BCUT2D eigenvalue weighted by molar-refractivity contribution is 0.219. The van der Waals surface area contributed by atoms with Crippen molar-refractivity contribution >= 4 is 0 Å². The summed E-state index contributed by atoms with van der Waals surface area (Å²) >= 11 is 0. The van der Waals surface area contributed by atoms with Crippen molar-refractivity contribution in [3.63, 3.8) is 0 Å². The van der Waals surface area contributed by atoms with E-state index in [9.17, 15) is 0 Å². The van der Waals surface area contributed by atoms with Crippen molar-refractivity contribution < 1.29 is 5.11 Å². The van der Waals surface area contributed by atoms with E-state index in [1.807, 2.05) is 0 Å². The maximum absolute atomic E-state index is 9.02. The van der Waals surface area contributed by atoms with Crippen molar-refractivity contribution in [1.29, 1.82) is 0 Å². The third kappa shape index (κ3) is 6.99. The van der Waals surface area contributed by atoms with E-state index in [-0.39, 0.29) is 12.6 Å². The van der Waals surface area contributed by atoms with Gasteiger partial charge in [0.05, 0.1) is 6.61 Å². The molecular weight excluding hydrogens is 164 g/mol. The summed E-state index contributed by atoms with van der Waals surface area (Å²) in [5, 5.41) is 12.3. The summed E-state index contributed by atoms with van der Waals surface area (Å²) in [6, 6.07) is 0.268. The number of rotatable bonds is 8. The van der Waals surface area contributed by atoms with E-state index in [0.29, 0.717) is 0 Å². The SMILES string of the molecule is CCCN(C)CCC(CO)NCC. The lowest BCUT2D eigenvalue weighted by atomic mass is 10.2. The summed E-state index contributed by atoms with van der Waals surface area (Å²) in [6.45, 7) is 7.63. The second-order valence-corrected chi connectivity index (χ2v) is 3.53. The van der Waals surface area contributed by atoms with Gasteiger partial charge in [-0.05, 0) is 39.5 Å².